The number of aryl methyl sites for hydroxylation is 1. The fraction of sp³-hybridized carbons (Fsp3) is 0.333. The molecule has 1 aliphatic carbocycles. The fourth-order valence-electron chi connectivity index (χ4n) is 5.76. The Balaban J connectivity index is 1.41. The summed E-state index contributed by atoms with van der Waals surface area (Å²) in [6.45, 7) is 2.43. The van der Waals surface area contributed by atoms with E-state index in [1.807, 2.05) is 17.0 Å². The van der Waals surface area contributed by atoms with Crippen LogP contribution in [0.25, 0.3) is 0 Å². The van der Waals surface area contributed by atoms with Crippen LogP contribution in [0.15, 0.2) is 60.7 Å². The summed E-state index contributed by atoms with van der Waals surface area (Å²) in [4.78, 5) is 28.5. The minimum absolute atomic E-state index is 0.0883. The van der Waals surface area contributed by atoms with Gasteiger partial charge in [0.25, 0.3) is 11.8 Å². The average Bonchev–Trinajstić information content (AvgIpc) is 3.27. The summed E-state index contributed by atoms with van der Waals surface area (Å²) in [6, 6.07) is 17.4. The third kappa shape index (κ3) is 4.60. The topological polar surface area (TPSA) is 58.6 Å². The van der Waals surface area contributed by atoms with E-state index in [-0.39, 0.29) is 16.9 Å². The molecule has 2 amide bonds. The Morgan fingerprint density at radius 3 is 2.56 bits per heavy atom. The quantitative estimate of drug-likeness (QED) is 0.455. The van der Waals surface area contributed by atoms with Crippen LogP contribution in [-0.2, 0) is 6.42 Å². The van der Waals surface area contributed by atoms with Crippen molar-refractivity contribution in [2.45, 2.75) is 45.4 Å². The standard InChI is InChI=1S/C30H31FN2O3/c1-20-9-11-23(31)18-24(20)28(34)32-25-12-10-21(17-27(25)36-2)29(35)33-16-15-30(13-5-6-14-30)19-22-7-3-4-8-26(22)33/h3-4,7-12,17-18H,5-6,13-16,19H2,1-2H3,(H,32,34). The van der Waals surface area contributed by atoms with Gasteiger partial charge in [0, 0.05) is 23.4 Å². The van der Waals surface area contributed by atoms with Crippen LogP contribution in [0.4, 0.5) is 15.8 Å². The summed E-state index contributed by atoms with van der Waals surface area (Å²) in [5.74, 6) is -0.628. The highest BCUT2D eigenvalue weighted by Crippen LogP contribution is 2.47. The number of amides is 2. The Kier molecular flexibility index (Phi) is 6.52. The molecule has 5 nitrogen and oxygen atoms in total. The highest BCUT2D eigenvalue weighted by Gasteiger charge is 2.38. The van der Waals surface area contributed by atoms with Crippen LogP contribution < -0.4 is 15.0 Å². The lowest BCUT2D eigenvalue weighted by Crippen LogP contribution is -2.33. The van der Waals surface area contributed by atoms with Gasteiger partial charge in [-0.1, -0.05) is 37.1 Å². The van der Waals surface area contributed by atoms with E-state index in [0.29, 0.717) is 29.1 Å². The van der Waals surface area contributed by atoms with Gasteiger partial charge in [-0.2, -0.15) is 0 Å². The molecule has 0 aromatic heterocycles. The van der Waals surface area contributed by atoms with Crippen LogP contribution in [0.1, 0.15) is 63.9 Å². The number of halogens is 1. The van der Waals surface area contributed by atoms with Crippen molar-refractivity contribution in [1.82, 2.24) is 0 Å². The first-order valence-electron chi connectivity index (χ1n) is 12.5. The molecule has 0 atom stereocenters. The van der Waals surface area contributed by atoms with E-state index < -0.39 is 11.7 Å². The van der Waals surface area contributed by atoms with E-state index in [2.05, 4.69) is 17.4 Å². The van der Waals surface area contributed by atoms with E-state index in [1.165, 1.54) is 50.5 Å². The number of hydrogen-bond acceptors (Lipinski definition) is 3. The number of carbonyl (C=O) groups excluding carboxylic acids is 2. The van der Waals surface area contributed by atoms with Gasteiger partial charge in [-0.05, 0) is 85.5 Å². The van der Waals surface area contributed by atoms with Gasteiger partial charge in [0.2, 0.25) is 0 Å². The summed E-state index contributed by atoms with van der Waals surface area (Å²) >= 11 is 0. The molecule has 5 rings (SSSR count). The number of benzene rings is 3. The number of nitrogens with zero attached hydrogens (tertiary/aromatic N) is 1. The Morgan fingerprint density at radius 1 is 1.00 bits per heavy atom. The highest BCUT2D eigenvalue weighted by atomic mass is 19.1. The molecule has 2 aliphatic rings. The monoisotopic (exact) mass is 486 g/mol. The van der Waals surface area contributed by atoms with E-state index in [0.717, 1.165) is 18.5 Å². The van der Waals surface area contributed by atoms with Crippen molar-refractivity contribution in [2.75, 3.05) is 23.9 Å². The number of fused-ring (bicyclic) bond motifs is 1. The van der Waals surface area contributed by atoms with E-state index >= 15 is 0 Å². The number of para-hydroxylation sites is 1. The molecule has 0 saturated heterocycles. The molecule has 1 aliphatic heterocycles. The zero-order chi connectivity index (χ0) is 25.3. The Morgan fingerprint density at radius 2 is 1.78 bits per heavy atom. The molecular weight excluding hydrogens is 455 g/mol. The number of nitrogens with one attached hydrogen (secondary N) is 1. The predicted octanol–water partition coefficient (Wildman–Crippen LogP) is 6.55. The van der Waals surface area contributed by atoms with Crippen molar-refractivity contribution in [1.29, 1.82) is 0 Å². The van der Waals surface area contributed by atoms with Crippen molar-refractivity contribution in [3.8, 4) is 5.75 Å². The van der Waals surface area contributed by atoms with E-state index in [9.17, 15) is 14.0 Å². The maximum atomic E-state index is 13.8. The van der Waals surface area contributed by atoms with Crippen LogP contribution in [0.2, 0.25) is 0 Å². The Hall–Kier alpha value is -3.67. The van der Waals surface area contributed by atoms with Crippen LogP contribution in [0.5, 0.6) is 5.75 Å². The highest BCUT2D eigenvalue weighted by molar-refractivity contribution is 6.09. The van der Waals surface area contributed by atoms with Gasteiger partial charge >= 0.3 is 0 Å². The molecule has 0 radical (unpaired) electrons. The van der Waals surface area contributed by atoms with Gasteiger partial charge < -0.3 is 15.0 Å². The number of hydrogen-bond donors (Lipinski definition) is 1. The van der Waals surface area contributed by atoms with Crippen LogP contribution in [0.3, 0.4) is 0 Å². The summed E-state index contributed by atoms with van der Waals surface area (Å²) in [6.07, 6.45) is 6.96. The molecule has 36 heavy (non-hydrogen) atoms. The SMILES string of the molecule is COc1cc(C(=O)N2CCC3(CCCC3)Cc3ccccc32)ccc1NC(=O)c1cc(F)ccc1C. The van der Waals surface area contributed by atoms with Crippen molar-refractivity contribution in [3.63, 3.8) is 0 Å². The summed E-state index contributed by atoms with van der Waals surface area (Å²) < 4.78 is 19.2. The molecule has 6 heteroatoms. The molecular formula is C30H31FN2O3. The second-order valence-electron chi connectivity index (χ2n) is 10.0. The van der Waals surface area contributed by atoms with Crippen molar-refractivity contribution in [2.24, 2.45) is 5.41 Å². The normalized spacial score (nSPS) is 16.4. The smallest absolute Gasteiger partial charge is 0.258 e. The Labute approximate surface area is 211 Å². The molecule has 0 unspecified atom stereocenters. The molecule has 3 aromatic rings. The minimum atomic E-state index is -0.476. The Bertz CT molecular complexity index is 1310. The second-order valence-corrected chi connectivity index (χ2v) is 10.0. The number of anilines is 2. The molecule has 1 N–H and O–H groups in total. The van der Waals surface area contributed by atoms with Gasteiger partial charge in [-0.25, -0.2) is 4.39 Å². The van der Waals surface area contributed by atoms with Gasteiger partial charge in [0.15, 0.2) is 0 Å². The molecule has 1 saturated carbocycles. The molecule has 1 heterocycles. The number of rotatable bonds is 4. The summed E-state index contributed by atoms with van der Waals surface area (Å²) in [5.41, 5.74) is 4.31. The number of methoxy groups -OCH3 is 1. The van der Waals surface area contributed by atoms with Crippen molar-refractivity contribution in [3.05, 3.63) is 88.7 Å². The number of carbonyl (C=O) groups is 2. The predicted molar refractivity (Wildman–Crippen MR) is 139 cm³/mol. The van der Waals surface area contributed by atoms with Gasteiger partial charge in [-0.15, -0.1) is 0 Å². The first-order valence-corrected chi connectivity index (χ1v) is 12.5. The average molecular weight is 487 g/mol. The summed E-state index contributed by atoms with van der Waals surface area (Å²) in [7, 11) is 1.50. The first-order chi connectivity index (χ1) is 17.4. The van der Waals surface area contributed by atoms with Gasteiger partial charge in [0.05, 0.1) is 12.8 Å². The summed E-state index contributed by atoms with van der Waals surface area (Å²) in [5, 5.41) is 2.79. The zero-order valence-corrected chi connectivity index (χ0v) is 20.8. The van der Waals surface area contributed by atoms with Crippen molar-refractivity contribution >= 4 is 23.2 Å². The minimum Gasteiger partial charge on any atom is -0.495 e. The maximum Gasteiger partial charge on any atom is 0.258 e. The number of ether oxygens (including phenoxy) is 1. The van der Waals surface area contributed by atoms with Gasteiger partial charge in [-0.3, -0.25) is 9.59 Å². The second kappa shape index (κ2) is 9.76. The third-order valence-corrected chi connectivity index (χ3v) is 7.76. The lowest BCUT2D eigenvalue weighted by molar-refractivity contribution is 0.0983. The molecule has 1 fully saturated rings. The first kappa shape index (κ1) is 24.0. The van der Waals surface area contributed by atoms with Crippen LogP contribution in [0, 0.1) is 18.2 Å². The van der Waals surface area contributed by atoms with Crippen molar-refractivity contribution < 1.29 is 18.7 Å². The zero-order valence-electron chi connectivity index (χ0n) is 20.8. The lowest BCUT2D eigenvalue weighted by atomic mass is 9.78. The van der Waals surface area contributed by atoms with E-state index in [1.54, 1.807) is 31.2 Å². The molecule has 186 valence electrons. The van der Waals surface area contributed by atoms with Gasteiger partial charge in [0.1, 0.15) is 11.6 Å². The van der Waals surface area contributed by atoms with E-state index in [4.69, 9.17) is 4.74 Å². The van der Waals surface area contributed by atoms with Crippen LogP contribution in [-0.4, -0.2) is 25.5 Å². The molecule has 3 aromatic carbocycles. The molecule has 1 spiro atoms. The third-order valence-electron chi connectivity index (χ3n) is 7.76. The lowest BCUT2D eigenvalue weighted by Gasteiger charge is -2.27. The van der Waals surface area contributed by atoms with Crippen LogP contribution >= 0.6 is 0 Å². The largest absolute Gasteiger partial charge is 0.495 e. The maximum absolute atomic E-state index is 13.8. The molecule has 0 bridgehead atoms. The fourth-order valence-corrected chi connectivity index (χ4v) is 5.76.